The number of piperidine rings is 1. The van der Waals surface area contributed by atoms with Crippen molar-refractivity contribution in [3.05, 3.63) is 53.8 Å². The lowest BCUT2D eigenvalue weighted by atomic mass is 9.87. The van der Waals surface area contributed by atoms with Gasteiger partial charge in [0.25, 0.3) is 0 Å². The van der Waals surface area contributed by atoms with E-state index in [1.54, 1.807) is 6.20 Å². The third-order valence-corrected chi connectivity index (χ3v) is 6.13. The Labute approximate surface area is 163 Å². The number of nitrogens with zero attached hydrogens (tertiary/aromatic N) is 5. The number of halogens is 1. The molecular weight excluding hydrogens is 358 g/mol. The van der Waals surface area contributed by atoms with Gasteiger partial charge in [0.15, 0.2) is 0 Å². The van der Waals surface area contributed by atoms with E-state index in [4.69, 9.17) is 16.6 Å². The zero-order chi connectivity index (χ0) is 18.7. The van der Waals surface area contributed by atoms with Crippen molar-refractivity contribution < 1.29 is 0 Å². The number of aryl methyl sites for hydroxylation is 1. The quantitative estimate of drug-likeness (QED) is 0.687. The summed E-state index contributed by atoms with van der Waals surface area (Å²) in [7, 11) is 2.03. The van der Waals surface area contributed by atoms with Gasteiger partial charge in [-0.2, -0.15) is 0 Å². The van der Waals surface area contributed by atoms with Crippen LogP contribution < -0.4 is 4.90 Å². The van der Waals surface area contributed by atoms with Crippen LogP contribution in [0.3, 0.4) is 0 Å². The fraction of sp³-hybridized carbons (Fsp3) is 0.333. The number of pyridine rings is 1. The Morgan fingerprint density at radius 3 is 2.67 bits per heavy atom. The number of aromatic nitrogens is 3. The monoisotopic (exact) mass is 379 g/mol. The molecule has 0 spiro atoms. The topological polar surface area (TPSA) is 37.2 Å². The number of anilines is 1. The third kappa shape index (κ3) is 2.52. The highest BCUT2D eigenvalue weighted by Gasteiger charge is 2.44. The Morgan fingerprint density at radius 1 is 1.22 bits per heavy atom. The lowest BCUT2D eigenvalue weighted by Crippen LogP contribution is -2.67. The van der Waals surface area contributed by atoms with E-state index in [1.165, 1.54) is 12.1 Å². The third-order valence-electron chi connectivity index (χ3n) is 5.83. The molecule has 6 heteroatoms. The van der Waals surface area contributed by atoms with Gasteiger partial charge in [-0.1, -0.05) is 30.3 Å². The molecule has 3 aliphatic heterocycles. The Kier molecular flexibility index (Phi) is 3.69. The molecule has 0 unspecified atom stereocenters. The number of imidazole rings is 1. The van der Waals surface area contributed by atoms with Gasteiger partial charge >= 0.3 is 0 Å². The zero-order valence-electron chi connectivity index (χ0n) is 15.6. The predicted molar refractivity (Wildman–Crippen MR) is 110 cm³/mol. The Morgan fingerprint density at radius 2 is 1.96 bits per heavy atom. The van der Waals surface area contributed by atoms with Crippen LogP contribution in [0.25, 0.3) is 22.4 Å². The lowest BCUT2D eigenvalue weighted by Gasteiger charge is -2.58. The normalized spacial score (nSPS) is 21.4. The standard InChI is InChI=1S/C21H22ClN5/c1-13(2)27-14-8-15(27)12-26(11-14)20-9-16(17(22)10-23-20)21-24-18-6-4-5-7-19(18)25(21)3/h4-7,9-10,14-15H,1,8,11-12H2,2-3H3/t14-,15+. The van der Waals surface area contributed by atoms with Gasteiger partial charge in [-0.05, 0) is 31.5 Å². The van der Waals surface area contributed by atoms with E-state index in [2.05, 4.69) is 45.0 Å². The van der Waals surface area contributed by atoms with Gasteiger partial charge in [-0.3, -0.25) is 0 Å². The van der Waals surface area contributed by atoms with Crippen molar-refractivity contribution in [2.45, 2.75) is 25.4 Å². The molecule has 3 saturated heterocycles. The minimum Gasteiger partial charge on any atom is -0.366 e. The second-order valence-electron chi connectivity index (χ2n) is 7.60. The van der Waals surface area contributed by atoms with Crippen molar-refractivity contribution >= 4 is 28.5 Å². The van der Waals surface area contributed by atoms with E-state index >= 15 is 0 Å². The molecule has 6 rings (SSSR count). The van der Waals surface area contributed by atoms with Crippen LogP contribution >= 0.6 is 11.6 Å². The summed E-state index contributed by atoms with van der Waals surface area (Å²) in [5.41, 5.74) is 4.16. The fourth-order valence-corrected chi connectivity index (χ4v) is 4.77. The molecule has 0 saturated carbocycles. The van der Waals surface area contributed by atoms with Gasteiger partial charge in [-0.15, -0.1) is 0 Å². The highest BCUT2D eigenvalue weighted by molar-refractivity contribution is 6.33. The molecule has 5 heterocycles. The average molecular weight is 380 g/mol. The number of para-hydroxylation sites is 2. The summed E-state index contributed by atoms with van der Waals surface area (Å²) < 4.78 is 2.09. The van der Waals surface area contributed by atoms with Gasteiger partial charge < -0.3 is 14.4 Å². The van der Waals surface area contributed by atoms with Crippen molar-refractivity contribution in [3.63, 3.8) is 0 Å². The number of piperazine rings is 1. The molecule has 0 aliphatic carbocycles. The number of fused-ring (bicyclic) bond motifs is 3. The minimum absolute atomic E-state index is 0.540. The Hall–Kier alpha value is -2.53. The van der Waals surface area contributed by atoms with E-state index < -0.39 is 0 Å². The number of rotatable bonds is 3. The van der Waals surface area contributed by atoms with Gasteiger partial charge in [0.1, 0.15) is 11.6 Å². The fourth-order valence-electron chi connectivity index (χ4n) is 4.58. The van der Waals surface area contributed by atoms with Crippen LogP contribution in [-0.4, -0.2) is 44.6 Å². The summed E-state index contributed by atoms with van der Waals surface area (Å²) in [5, 5.41) is 0.628. The first-order valence-corrected chi connectivity index (χ1v) is 9.67. The maximum Gasteiger partial charge on any atom is 0.142 e. The molecule has 2 atom stereocenters. The van der Waals surface area contributed by atoms with E-state index in [0.29, 0.717) is 17.1 Å². The molecule has 138 valence electrons. The minimum atomic E-state index is 0.540. The van der Waals surface area contributed by atoms with Crippen LogP contribution in [-0.2, 0) is 7.05 Å². The van der Waals surface area contributed by atoms with Crippen molar-refractivity contribution in [2.24, 2.45) is 7.05 Å². The molecule has 27 heavy (non-hydrogen) atoms. The first-order valence-electron chi connectivity index (χ1n) is 9.29. The molecule has 2 bridgehead atoms. The van der Waals surface area contributed by atoms with Gasteiger partial charge in [0.05, 0.1) is 16.1 Å². The molecule has 0 N–H and O–H groups in total. The summed E-state index contributed by atoms with van der Waals surface area (Å²) in [6, 6.07) is 11.3. The number of benzene rings is 1. The van der Waals surface area contributed by atoms with Crippen LogP contribution in [0, 0.1) is 0 Å². The van der Waals surface area contributed by atoms with Gasteiger partial charge in [-0.25, -0.2) is 9.97 Å². The molecule has 5 nitrogen and oxygen atoms in total. The predicted octanol–water partition coefficient (Wildman–Crippen LogP) is 4.09. The average Bonchev–Trinajstić information content (AvgIpc) is 2.98. The number of hydrogen-bond donors (Lipinski definition) is 0. The van der Waals surface area contributed by atoms with Crippen LogP contribution in [0.15, 0.2) is 48.8 Å². The van der Waals surface area contributed by atoms with Crippen molar-refractivity contribution in [3.8, 4) is 11.4 Å². The number of hydrogen-bond acceptors (Lipinski definition) is 4. The smallest absolute Gasteiger partial charge is 0.142 e. The summed E-state index contributed by atoms with van der Waals surface area (Å²) >= 11 is 6.52. The Balaban J connectivity index is 1.51. The molecule has 3 aliphatic rings. The van der Waals surface area contributed by atoms with Gasteiger partial charge in [0.2, 0.25) is 0 Å². The first-order chi connectivity index (χ1) is 13.0. The second kappa shape index (κ2) is 5.99. The van der Waals surface area contributed by atoms with E-state index in [-0.39, 0.29) is 0 Å². The largest absolute Gasteiger partial charge is 0.366 e. The van der Waals surface area contributed by atoms with E-state index in [1.807, 2.05) is 25.2 Å². The molecule has 1 aromatic carbocycles. The molecule has 0 amide bonds. The maximum absolute atomic E-state index is 6.52. The highest BCUT2D eigenvalue weighted by atomic mass is 35.5. The Bertz CT molecular complexity index is 1040. The molecule has 0 radical (unpaired) electrons. The highest BCUT2D eigenvalue weighted by Crippen LogP contribution is 2.38. The van der Waals surface area contributed by atoms with E-state index in [9.17, 15) is 0 Å². The van der Waals surface area contributed by atoms with Crippen LogP contribution in [0.4, 0.5) is 5.82 Å². The maximum atomic E-state index is 6.52. The van der Waals surface area contributed by atoms with Crippen LogP contribution in [0.1, 0.15) is 13.3 Å². The summed E-state index contributed by atoms with van der Waals surface area (Å²) in [4.78, 5) is 14.2. The SMILES string of the molecule is C=C(C)N1[C@@H]2C[C@H]1CN(c1cc(-c3nc4ccccc4n3C)c(Cl)cn1)C2. The van der Waals surface area contributed by atoms with Crippen molar-refractivity contribution in [2.75, 3.05) is 18.0 Å². The summed E-state index contributed by atoms with van der Waals surface area (Å²) in [5.74, 6) is 1.84. The molecule has 2 aromatic heterocycles. The summed E-state index contributed by atoms with van der Waals surface area (Å²) in [6.45, 7) is 8.16. The first kappa shape index (κ1) is 16.6. The van der Waals surface area contributed by atoms with Crippen molar-refractivity contribution in [1.29, 1.82) is 0 Å². The van der Waals surface area contributed by atoms with Gasteiger partial charge in [0, 0.05) is 49.7 Å². The zero-order valence-corrected chi connectivity index (χ0v) is 16.3. The number of allylic oxidation sites excluding steroid dienone is 1. The van der Waals surface area contributed by atoms with Crippen molar-refractivity contribution in [1.82, 2.24) is 19.4 Å². The molecule has 3 fully saturated rings. The second-order valence-corrected chi connectivity index (χ2v) is 8.00. The molecule has 3 aromatic rings. The molecular formula is C21H22ClN5. The van der Waals surface area contributed by atoms with Crippen LogP contribution in [0.5, 0.6) is 0 Å². The van der Waals surface area contributed by atoms with E-state index in [0.717, 1.165) is 41.3 Å². The lowest BCUT2D eigenvalue weighted by molar-refractivity contribution is 0.0352. The van der Waals surface area contributed by atoms with Crippen LogP contribution in [0.2, 0.25) is 5.02 Å². The summed E-state index contributed by atoms with van der Waals surface area (Å²) in [6.07, 6.45) is 3.00.